The molecule has 0 atom stereocenters. The molecule has 1 aromatic heterocycles. The van der Waals surface area contributed by atoms with Crippen LogP contribution in [-0.4, -0.2) is 40.4 Å². The van der Waals surface area contributed by atoms with Gasteiger partial charge in [-0.3, -0.25) is 10.00 Å². The van der Waals surface area contributed by atoms with Gasteiger partial charge in [-0.05, 0) is 32.9 Å². The molecule has 16 heavy (non-hydrogen) atoms. The zero-order valence-electron chi connectivity index (χ0n) is 10.2. The zero-order chi connectivity index (χ0) is 11.6. The molecule has 1 aliphatic carbocycles. The molecular weight excluding hydrogens is 202 g/mol. The van der Waals surface area contributed by atoms with Crippen LogP contribution in [0.3, 0.4) is 0 Å². The zero-order valence-corrected chi connectivity index (χ0v) is 10.2. The molecule has 4 heteroatoms. The number of aromatic amines is 1. The summed E-state index contributed by atoms with van der Waals surface area (Å²) in [4.78, 5) is 2.25. The first-order valence-electron chi connectivity index (χ1n) is 5.94. The van der Waals surface area contributed by atoms with Crippen molar-refractivity contribution < 1.29 is 5.11 Å². The van der Waals surface area contributed by atoms with E-state index in [-0.39, 0.29) is 5.41 Å². The Bertz CT molecular complexity index is 338. The van der Waals surface area contributed by atoms with Crippen molar-refractivity contribution in [1.29, 1.82) is 0 Å². The van der Waals surface area contributed by atoms with E-state index >= 15 is 0 Å². The van der Waals surface area contributed by atoms with Gasteiger partial charge in [0.15, 0.2) is 0 Å². The lowest BCUT2D eigenvalue weighted by Gasteiger charge is -2.42. The molecule has 1 heterocycles. The lowest BCUT2D eigenvalue weighted by molar-refractivity contribution is 0.0125. The molecule has 0 unspecified atom stereocenters. The normalized spacial score (nSPS) is 18.8. The van der Waals surface area contributed by atoms with Gasteiger partial charge in [0.05, 0.1) is 5.69 Å². The van der Waals surface area contributed by atoms with Crippen LogP contribution >= 0.6 is 0 Å². The Kier molecular flexibility index (Phi) is 3.30. The molecule has 0 amide bonds. The third-order valence-electron chi connectivity index (χ3n) is 3.55. The van der Waals surface area contributed by atoms with Crippen molar-refractivity contribution in [3.8, 4) is 0 Å². The number of nitrogens with zero attached hydrogens (tertiary/aromatic N) is 2. The highest BCUT2D eigenvalue weighted by Gasteiger charge is 2.37. The Balaban J connectivity index is 1.86. The van der Waals surface area contributed by atoms with Crippen molar-refractivity contribution in [3.05, 3.63) is 17.5 Å². The van der Waals surface area contributed by atoms with Crippen molar-refractivity contribution >= 4 is 0 Å². The Labute approximate surface area is 96.7 Å². The topological polar surface area (TPSA) is 52.1 Å². The van der Waals surface area contributed by atoms with E-state index in [1.165, 1.54) is 6.42 Å². The Morgan fingerprint density at radius 1 is 1.56 bits per heavy atom. The molecule has 1 aromatic rings. The second kappa shape index (κ2) is 4.55. The van der Waals surface area contributed by atoms with Gasteiger partial charge in [0.2, 0.25) is 0 Å². The summed E-state index contributed by atoms with van der Waals surface area (Å²) >= 11 is 0. The van der Waals surface area contributed by atoms with E-state index in [1.54, 1.807) is 0 Å². The largest absolute Gasteiger partial charge is 0.396 e. The molecule has 0 saturated heterocycles. The van der Waals surface area contributed by atoms with Gasteiger partial charge in [0.25, 0.3) is 0 Å². The van der Waals surface area contributed by atoms with Crippen LogP contribution in [0, 0.1) is 12.3 Å². The Morgan fingerprint density at radius 2 is 2.31 bits per heavy atom. The maximum atomic E-state index is 9.41. The van der Waals surface area contributed by atoms with Gasteiger partial charge in [0, 0.05) is 30.8 Å². The Hall–Kier alpha value is -0.870. The second-order valence-corrected chi connectivity index (χ2v) is 5.23. The molecule has 0 bridgehead atoms. The van der Waals surface area contributed by atoms with Crippen molar-refractivity contribution in [2.75, 3.05) is 20.2 Å². The number of aliphatic hydroxyl groups excluding tert-OH is 1. The maximum absolute atomic E-state index is 9.41. The van der Waals surface area contributed by atoms with Crippen molar-refractivity contribution in [3.63, 3.8) is 0 Å². The minimum atomic E-state index is 0.167. The Morgan fingerprint density at radius 3 is 2.75 bits per heavy atom. The van der Waals surface area contributed by atoms with Gasteiger partial charge in [-0.25, -0.2) is 0 Å². The predicted octanol–water partition coefficient (Wildman–Crippen LogP) is 1.31. The molecule has 0 aliphatic heterocycles. The van der Waals surface area contributed by atoms with Gasteiger partial charge in [-0.15, -0.1) is 0 Å². The fourth-order valence-corrected chi connectivity index (χ4v) is 2.50. The van der Waals surface area contributed by atoms with Gasteiger partial charge >= 0.3 is 0 Å². The van der Waals surface area contributed by atoms with Crippen LogP contribution in [-0.2, 0) is 6.54 Å². The predicted molar refractivity (Wildman–Crippen MR) is 63.0 cm³/mol. The van der Waals surface area contributed by atoms with Crippen molar-refractivity contribution in [1.82, 2.24) is 15.1 Å². The smallest absolute Gasteiger partial charge is 0.0764 e. The van der Waals surface area contributed by atoms with Gasteiger partial charge < -0.3 is 5.11 Å². The fraction of sp³-hybridized carbons (Fsp3) is 0.750. The molecule has 2 rings (SSSR count). The van der Waals surface area contributed by atoms with Crippen LogP contribution in [0.1, 0.15) is 30.7 Å². The number of aryl methyl sites for hydroxylation is 1. The van der Waals surface area contributed by atoms with E-state index in [2.05, 4.69) is 28.2 Å². The van der Waals surface area contributed by atoms with Crippen LogP contribution in [0.4, 0.5) is 0 Å². The molecule has 2 N–H and O–H groups in total. The monoisotopic (exact) mass is 223 g/mol. The summed E-state index contributed by atoms with van der Waals surface area (Å²) in [6.07, 6.45) is 3.58. The van der Waals surface area contributed by atoms with Crippen LogP contribution < -0.4 is 0 Å². The summed E-state index contributed by atoms with van der Waals surface area (Å²) in [7, 11) is 2.10. The lowest BCUT2D eigenvalue weighted by atomic mass is 9.69. The summed E-state index contributed by atoms with van der Waals surface area (Å²) < 4.78 is 0. The third kappa shape index (κ3) is 2.44. The first kappa shape index (κ1) is 11.6. The van der Waals surface area contributed by atoms with Gasteiger partial charge in [0.1, 0.15) is 0 Å². The number of aliphatic hydroxyl groups is 1. The SMILES string of the molecule is Cc1cc(CN(C)CC2(CO)CCC2)n[nH]1. The summed E-state index contributed by atoms with van der Waals surface area (Å²) in [5, 5.41) is 16.6. The summed E-state index contributed by atoms with van der Waals surface area (Å²) in [6.45, 7) is 4.15. The molecule has 0 spiro atoms. The minimum absolute atomic E-state index is 0.167. The van der Waals surface area contributed by atoms with E-state index in [9.17, 15) is 5.11 Å². The molecule has 90 valence electrons. The highest BCUT2D eigenvalue weighted by atomic mass is 16.3. The van der Waals surface area contributed by atoms with Gasteiger partial charge in [-0.2, -0.15) is 5.10 Å². The summed E-state index contributed by atoms with van der Waals surface area (Å²) in [5.41, 5.74) is 2.34. The molecule has 1 saturated carbocycles. The van der Waals surface area contributed by atoms with Crippen LogP contribution in [0.5, 0.6) is 0 Å². The number of hydrogen-bond donors (Lipinski definition) is 2. The standard InChI is InChI=1S/C12H21N3O/c1-10-6-11(14-13-10)7-15(2)8-12(9-16)4-3-5-12/h6,16H,3-5,7-9H2,1-2H3,(H,13,14). The summed E-state index contributed by atoms with van der Waals surface area (Å²) in [6, 6.07) is 2.07. The number of hydrogen-bond acceptors (Lipinski definition) is 3. The molecule has 4 nitrogen and oxygen atoms in total. The van der Waals surface area contributed by atoms with Crippen molar-refractivity contribution in [2.45, 2.75) is 32.7 Å². The molecule has 0 radical (unpaired) electrons. The fourth-order valence-electron chi connectivity index (χ4n) is 2.50. The van der Waals surface area contributed by atoms with Gasteiger partial charge in [-0.1, -0.05) is 6.42 Å². The summed E-state index contributed by atoms with van der Waals surface area (Å²) in [5.74, 6) is 0. The third-order valence-corrected chi connectivity index (χ3v) is 3.55. The number of rotatable bonds is 5. The molecular formula is C12H21N3O. The maximum Gasteiger partial charge on any atom is 0.0764 e. The first-order valence-corrected chi connectivity index (χ1v) is 5.94. The second-order valence-electron chi connectivity index (χ2n) is 5.23. The number of nitrogens with one attached hydrogen (secondary N) is 1. The highest BCUT2D eigenvalue weighted by Crippen LogP contribution is 2.40. The average Bonchev–Trinajstić information content (AvgIpc) is 2.57. The molecule has 1 aliphatic rings. The van der Waals surface area contributed by atoms with E-state index < -0.39 is 0 Å². The number of H-pyrrole nitrogens is 1. The van der Waals surface area contributed by atoms with E-state index in [0.29, 0.717) is 6.61 Å². The lowest BCUT2D eigenvalue weighted by Crippen LogP contribution is -2.43. The van der Waals surface area contributed by atoms with Crippen LogP contribution in [0.2, 0.25) is 0 Å². The van der Waals surface area contributed by atoms with E-state index in [4.69, 9.17) is 0 Å². The molecule has 0 aromatic carbocycles. The first-order chi connectivity index (χ1) is 7.63. The van der Waals surface area contributed by atoms with Crippen LogP contribution in [0.25, 0.3) is 0 Å². The van der Waals surface area contributed by atoms with E-state index in [0.717, 1.165) is 37.3 Å². The highest BCUT2D eigenvalue weighted by molar-refractivity contribution is 5.06. The average molecular weight is 223 g/mol. The van der Waals surface area contributed by atoms with Crippen molar-refractivity contribution in [2.24, 2.45) is 5.41 Å². The quantitative estimate of drug-likeness (QED) is 0.791. The van der Waals surface area contributed by atoms with Crippen LogP contribution in [0.15, 0.2) is 6.07 Å². The minimum Gasteiger partial charge on any atom is -0.396 e. The number of aromatic nitrogens is 2. The van der Waals surface area contributed by atoms with E-state index in [1.807, 2.05) is 6.92 Å². The molecule has 1 fully saturated rings.